The van der Waals surface area contributed by atoms with E-state index >= 15 is 0 Å². The number of ether oxygens (including phenoxy) is 1. The molecule has 2 aliphatic rings. The van der Waals surface area contributed by atoms with Crippen molar-refractivity contribution in [3.05, 3.63) is 64.0 Å². The van der Waals surface area contributed by atoms with Crippen LogP contribution in [0.3, 0.4) is 0 Å². The molecule has 0 atom stereocenters. The van der Waals surface area contributed by atoms with Gasteiger partial charge in [0.1, 0.15) is 5.82 Å². The summed E-state index contributed by atoms with van der Waals surface area (Å²) in [6.07, 6.45) is 5.17. The molecule has 3 heterocycles. The highest BCUT2D eigenvalue weighted by Gasteiger charge is 2.28. The maximum absolute atomic E-state index is 15.0. The molecule has 1 N–H and O–H groups in total. The summed E-state index contributed by atoms with van der Waals surface area (Å²) in [4.78, 5) is 29.6. The van der Waals surface area contributed by atoms with Crippen molar-refractivity contribution < 1.29 is 19.0 Å². The molecule has 1 aromatic carbocycles. The average Bonchev–Trinajstić information content (AvgIpc) is 3.41. The van der Waals surface area contributed by atoms with Crippen LogP contribution < -0.4 is 15.1 Å². The Kier molecular flexibility index (Phi) is 3.61. The number of pyridine rings is 2. The SMILES string of the molecule is O=C(O)Oc1cn(C2CC2)c2cc(N3Cc4ccncc4C3)c(F)cc2c1=O. The minimum Gasteiger partial charge on any atom is -0.449 e. The molecule has 8 heteroatoms. The summed E-state index contributed by atoms with van der Waals surface area (Å²) in [5.41, 5.74) is 2.50. The third-order valence-electron chi connectivity index (χ3n) is 5.27. The Hall–Kier alpha value is -3.42. The van der Waals surface area contributed by atoms with Crippen LogP contribution in [-0.2, 0) is 13.1 Å². The van der Waals surface area contributed by atoms with Gasteiger partial charge in [-0.1, -0.05) is 0 Å². The van der Waals surface area contributed by atoms with Crippen LogP contribution in [0.2, 0.25) is 0 Å². The number of fused-ring (bicyclic) bond motifs is 2. The smallest absolute Gasteiger partial charge is 0.449 e. The van der Waals surface area contributed by atoms with Gasteiger partial charge < -0.3 is 19.3 Å². The lowest BCUT2D eigenvalue weighted by Gasteiger charge is -2.20. The predicted octanol–water partition coefficient (Wildman–Crippen LogP) is 3.45. The molecule has 0 unspecified atom stereocenters. The molecule has 0 bridgehead atoms. The van der Waals surface area contributed by atoms with Crippen LogP contribution in [0.25, 0.3) is 10.9 Å². The van der Waals surface area contributed by atoms with Crippen LogP contribution in [-0.4, -0.2) is 20.8 Å². The van der Waals surface area contributed by atoms with E-state index in [4.69, 9.17) is 5.11 Å². The molecule has 28 heavy (non-hydrogen) atoms. The monoisotopic (exact) mass is 381 g/mol. The van der Waals surface area contributed by atoms with Crippen LogP contribution in [0.1, 0.15) is 30.0 Å². The molecule has 2 aromatic heterocycles. The Morgan fingerprint density at radius 1 is 1.25 bits per heavy atom. The largest absolute Gasteiger partial charge is 0.511 e. The van der Waals surface area contributed by atoms with Crippen LogP contribution in [0.15, 0.2) is 41.6 Å². The number of rotatable bonds is 3. The molecular weight excluding hydrogens is 365 g/mol. The normalized spacial score (nSPS) is 15.7. The molecule has 0 spiro atoms. The van der Waals surface area contributed by atoms with E-state index in [2.05, 4.69) is 9.72 Å². The minimum absolute atomic E-state index is 0.116. The molecule has 1 aliphatic heterocycles. The highest BCUT2D eigenvalue weighted by Crippen LogP contribution is 2.39. The van der Waals surface area contributed by atoms with E-state index in [9.17, 15) is 14.0 Å². The van der Waals surface area contributed by atoms with Crippen molar-refractivity contribution in [2.24, 2.45) is 0 Å². The van der Waals surface area contributed by atoms with Crippen molar-refractivity contribution >= 4 is 22.7 Å². The number of hydrogen-bond donors (Lipinski definition) is 1. The van der Waals surface area contributed by atoms with Gasteiger partial charge in [0.25, 0.3) is 0 Å². The fourth-order valence-corrected chi connectivity index (χ4v) is 3.79. The number of halogens is 1. The molecule has 0 radical (unpaired) electrons. The number of hydrogen-bond acceptors (Lipinski definition) is 5. The van der Waals surface area contributed by atoms with Gasteiger partial charge in [-0.3, -0.25) is 9.78 Å². The maximum atomic E-state index is 15.0. The van der Waals surface area contributed by atoms with E-state index in [1.165, 1.54) is 12.3 Å². The number of carboxylic acid groups (broad SMARTS) is 1. The van der Waals surface area contributed by atoms with Gasteiger partial charge in [0, 0.05) is 31.5 Å². The first kappa shape index (κ1) is 16.7. The third kappa shape index (κ3) is 2.69. The van der Waals surface area contributed by atoms with Gasteiger partial charge in [0.2, 0.25) is 5.43 Å². The first-order valence-electron chi connectivity index (χ1n) is 8.97. The van der Waals surface area contributed by atoms with Crippen LogP contribution in [0.4, 0.5) is 14.9 Å². The van der Waals surface area contributed by atoms with Gasteiger partial charge in [0.05, 0.1) is 22.8 Å². The molecule has 5 rings (SSSR count). The third-order valence-corrected chi connectivity index (χ3v) is 5.27. The van der Waals surface area contributed by atoms with Crippen LogP contribution >= 0.6 is 0 Å². The lowest BCUT2D eigenvalue weighted by Crippen LogP contribution is -2.19. The van der Waals surface area contributed by atoms with E-state index in [0.29, 0.717) is 24.3 Å². The molecule has 7 nitrogen and oxygen atoms in total. The van der Waals surface area contributed by atoms with E-state index < -0.39 is 17.4 Å². The van der Waals surface area contributed by atoms with E-state index in [1.807, 2.05) is 15.5 Å². The average molecular weight is 381 g/mol. The fourth-order valence-electron chi connectivity index (χ4n) is 3.79. The lowest BCUT2D eigenvalue weighted by atomic mass is 10.1. The second kappa shape index (κ2) is 6.05. The number of anilines is 1. The van der Waals surface area contributed by atoms with Gasteiger partial charge >= 0.3 is 6.16 Å². The minimum atomic E-state index is -1.57. The molecular formula is C20H16FN3O4. The molecule has 1 fully saturated rings. The van der Waals surface area contributed by atoms with Crippen molar-refractivity contribution in [3.8, 4) is 5.75 Å². The zero-order chi connectivity index (χ0) is 19.4. The van der Waals surface area contributed by atoms with Gasteiger partial charge in [-0.15, -0.1) is 0 Å². The maximum Gasteiger partial charge on any atom is 0.511 e. The standard InChI is InChI=1S/C20H16FN3O4/c21-15-5-14-16(6-17(15)23-8-11-3-4-22-7-12(11)9-23)24(13-1-2-13)10-18(19(14)25)28-20(26)27/h3-7,10,13H,1-2,8-9H2,(H,26,27). The Balaban J connectivity index is 1.65. The highest BCUT2D eigenvalue weighted by molar-refractivity contribution is 5.85. The molecule has 0 saturated heterocycles. The number of nitrogens with zero attached hydrogens (tertiary/aromatic N) is 3. The van der Waals surface area contributed by atoms with Crippen molar-refractivity contribution in [2.45, 2.75) is 32.0 Å². The zero-order valence-electron chi connectivity index (χ0n) is 14.8. The molecule has 1 saturated carbocycles. The topological polar surface area (TPSA) is 84.7 Å². The summed E-state index contributed by atoms with van der Waals surface area (Å²) in [5, 5.41) is 9.00. The first-order valence-corrected chi connectivity index (χ1v) is 8.97. The lowest BCUT2D eigenvalue weighted by molar-refractivity contribution is 0.143. The second-order valence-electron chi connectivity index (χ2n) is 7.15. The summed E-state index contributed by atoms with van der Waals surface area (Å²) in [7, 11) is 0. The predicted molar refractivity (Wildman–Crippen MR) is 99.2 cm³/mol. The quantitative estimate of drug-likeness (QED) is 0.700. The van der Waals surface area contributed by atoms with Gasteiger partial charge in [-0.2, -0.15) is 0 Å². The van der Waals surface area contributed by atoms with Crippen LogP contribution in [0.5, 0.6) is 5.75 Å². The molecule has 142 valence electrons. The summed E-state index contributed by atoms with van der Waals surface area (Å²) in [5.74, 6) is -0.834. The van der Waals surface area contributed by atoms with Crippen LogP contribution in [0, 0.1) is 5.82 Å². The number of aromatic nitrogens is 2. The van der Waals surface area contributed by atoms with E-state index in [1.54, 1.807) is 18.5 Å². The van der Waals surface area contributed by atoms with E-state index in [-0.39, 0.29) is 17.2 Å². The van der Waals surface area contributed by atoms with Crippen molar-refractivity contribution in [1.82, 2.24) is 9.55 Å². The Morgan fingerprint density at radius 2 is 2.04 bits per heavy atom. The van der Waals surface area contributed by atoms with Crippen molar-refractivity contribution in [1.29, 1.82) is 0 Å². The summed E-state index contributed by atoms with van der Waals surface area (Å²) in [6, 6.07) is 4.93. The Bertz CT molecular complexity index is 1160. The fraction of sp³-hybridized carbons (Fsp3) is 0.250. The highest BCUT2D eigenvalue weighted by atomic mass is 19.1. The number of carbonyl (C=O) groups is 1. The molecule has 1 aliphatic carbocycles. The van der Waals surface area contributed by atoms with E-state index in [0.717, 1.165) is 24.0 Å². The zero-order valence-corrected chi connectivity index (χ0v) is 14.8. The second-order valence-corrected chi connectivity index (χ2v) is 7.15. The Labute approximate surface area is 158 Å². The number of benzene rings is 1. The summed E-state index contributed by atoms with van der Waals surface area (Å²) < 4.78 is 21.4. The van der Waals surface area contributed by atoms with Gasteiger partial charge in [-0.05, 0) is 42.2 Å². The van der Waals surface area contributed by atoms with Crippen molar-refractivity contribution in [3.63, 3.8) is 0 Å². The molecule has 0 amide bonds. The molecule has 3 aromatic rings. The summed E-state index contributed by atoms with van der Waals surface area (Å²) in [6.45, 7) is 1.10. The summed E-state index contributed by atoms with van der Waals surface area (Å²) >= 11 is 0. The Morgan fingerprint density at radius 3 is 2.75 bits per heavy atom. The van der Waals surface area contributed by atoms with Crippen molar-refractivity contribution in [2.75, 3.05) is 4.90 Å². The van der Waals surface area contributed by atoms with Gasteiger partial charge in [-0.25, -0.2) is 9.18 Å². The first-order chi connectivity index (χ1) is 13.5. The van der Waals surface area contributed by atoms with Gasteiger partial charge in [0.15, 0.2) is 5.75 Å².